The van der Waals surface area contributed by atoms with Crippen molar-refractivity contribution in [2.75, 3.05) is 20.3 Å². The molecule has 0 aromatic heterocycles. The van der Waals surface area contributed by atoms with Gasteiger partial charge in [-0.2, -0.15) is 0 Å². The molecule has 0 saturated carbocycles. The van der Waals surface area contributed by atoms with Crippen LogP contribution in [-0.4, -0.2) is 111 Å². The second-order valence-corrected chi connectivity index (χ2v) is 7.48. The number of hydrogen-bond acceptors (Lipinski definition) is 11. The summed E-state index contributed by atoms with van der Waals surface area (Å²) in [4.78, 5) is 35.8. The Morgan fingerprint density at radius 2 is 1.85 bits per heavy atom. The number of aliphatic carboxylic acids is 1. The van der Waals surface area contributed by atoms with E-state index in [2.05, 4.69) is 10.6 Å². The third kappa shape index (κ3) is 6.38. The van der Waals surface area contributed by atoms with Gasteiger partial charge < -0.3 is 55.5 Å². The first kappa shape index (κ1) is 27.4. The number of nitrogens with one attached hydrogen (secondary N) is 2. The highest BCUT2D eigenvalue weighted by molar-refractivity contribution is 5.82. The number of methoxy groups -OCH3 is 1. The molecule has 0 bridgehead atoms. The zero-order chi connectivity index (χ0) is 25.5. The van der Waals surface area contributed by atoms with Gasteiger partial charge in [0.1, 0.15) is 37.6 Å². The number of carbonyl (C=O) groups excluding carboxylic acids is 2. The van der Waals surface area contributed by atoms with Gasteiger partial charge in [-0.3, -0.25) is 4.79 Å². The summed E-state index contributed by atoms with van der Waals surface area (Å²) < 4.78 is 14.8. The fourth-order valence-corrected chi connectivity index (χ4v) is 3.37. The largest absolute Gasteiger partial charge is 0.477 e. The van der Waals surface area contributed by atoms with E-state index < -0.39 is 73.5 Å². The van der Waals surface area contributed by atoms with Crippen molar-refractivity contribution in [2.24, 2.45) is 0 Å². The van der Waals surface area contributed by atoms with Gasteiger partial charge in [-0.25, -0.2) is 9.59 Å². The molecule has 1 aromatic carbocycles. The van der Waals surface area contributed by atoms with Crippen LogP contribution in [0, 0.1) is 0 Å². The van der Waals surface area contributed by atoms with Crippen LogP contribution >= 0.6 is 0 Å². The van der Waals surface area contributed by atoms with E-state index in [0.717, 1.165) is 7.11 Å². The van der Waals surface area contributed by atoms with Gasteiger partial charge in [0.2, 0.25) is 5.91 Å². The second-order valence-electron chi connectivity index (χ2n) is 7.48. The molecular formula is C20H28N2O12. The maximum Gasteiger partial charge on any atom is 0.407 e. The van der Waals surface area contributed by atoms with Crippen molar-refractivity contribution >= 4 is 18.0 Å². The molecule has 0 radical (unpaired) electrons. The van der Waals surface area contributed by atoms with Crippen LogP contribution in [0.2, 0.25) is 0 Å². The number of aliphatic hydroxyl groups excluding tert-OH is 4. The monoisotopic (exact) mass is 488 g/mol. The van der Waals surface area contributed by atoms with Crippen molar-refractivity contribution in [3.05, 3.63) is 35.9 Å². The Balaban J connectivity index is 2.07. The molecular weight excluding hydrogens is 460 g/mol. The van der Waals surface area contributed by atoms with Crippen molar-refractivity contribution in [1.29, 1.82) is 0 Å². The second kappa shape index (κ2) is 12.0. The fourth-order valence-electron chi connectivity index (χ4n) is 3.37. The fraction of sp³-hybridized carbons (Fsp3) is 0.550. The number of rotatable bonds is 10. The summed E-state index contributed by atoms with van der Waals surface area (Å²) >= 11 is 0. The maximum atomic E-state index is 12.4. The van der Waals surface area contributed by atoms with E-state index in [1.165, 1.54) is 0 Å². The summed E-state index contributed by atoms with van der Waals surface area (Å²) in [5.74, 6) is -6.05. The molecule has 1 heterocycles. The minimum Gasteiger partial charge on any atom is -0.477 e. The highest BCUT2D eigenvalue weighted by Gasteiger charge is 2.61. The van der Waals surface area contributed by atoms with Crippen LogP contribution in [0.5, 0.6) is 0 Å². The SMILES string of the molecule is COC1[C@H](O)[C@@H](NC(=O)CNC(=O)OCc2ccccc2)[C@H]([C@H](O)[C@H](O)CO)OC1(O)C(=O)O. The lowest BCUT2D eigenvalue weighted by atomic mass is 9.86. The van der Waals surface area contributed by atoms with Gasteiger partial charge >= 0.3 is 12.1 Å². The first-order chi connectivity index (χ1) is 16.0. The predicted molar refractivity (Wildman–Crippen MR) is 110 cm³/mol. The average molecular weight is 488 g/mol. The summed E-state index contributed by atoms with van der Waals surface area (Å²) in [6.07, 6.45) is -10.6. The summed E-state index contributed by atoms with van der Waals surface area (Å²) in [6.45, 7) is -1.69. The molecule has 34 heavy (non-hydrogen) atoms. The Morgan fingerprint density at radius 3 is 2.41 bits per heavy atom. The van der Waals surface area contributed by atoms with Crippen molar-refractivity contribution in [1.82, 2.24) is 10.6 Å². The zero-order valence-corrected chi connectivity index (χ0v) is 18.1. The van der Waals surface area contributed by atoms with Crippen LogP contribution in [-0.2, 0) is 30.4 Å². The lowest BCUT2D eigenvalue weighted by Gasteiger charge is -2.48. The molecule has 190 valence electrons. The van der Waals surface area contributed by atoms with E-state index in [1.807, 2.05) is 0 Å². The average Bonchev–Trinajstić information content (AvgIpc) is 2.82. The third-order valence-corrected chi connectivity index (χ3v) is 5.15. The van der Waals surface area contributed by atoms with Crippen molar-refractivity contribution in [2.45, 2.75) is 49.0 Å². The lowest BCUT2D eigenvalue weighted by Crippen LogP contribution is -2.74. The molecule has 8 N–H and O–H groups in total. The maximum absolute atomic E-state index is 12.4. The van der Waals surface area contributed by atoms with Gasteiger partial charge in [0.05, 0.1) is 12.6 Å². The van der Waals surface area contributed by atoms with Crippen LogP contribution in [0.15, 0.2) is 30.3 Å². The Morgan fingerprint density at radius 1 is 1.21 bits per heavy atom. The van der Waals surface area contributed by atoms with Gasteiger partial charge in [0.15, 0.2) is 6.10 Å². The number of aliphatic hydroxyl groups is 5. The van der Waals surface area contributed by atoms with Crippen LogP contribution in [0.4, 0.5) is 4.79 Å². The summed E-state index contributed by atoms with van der Waals surface area (Å²) in [5.41, 5.74) is 0.709. The third-order valence-electron chi connectivity index (χ3n) is 5.15. The molecule has 1 aliphatic rings. The van der Waals surface area contributed by atoms with E-state index in [1.54, 1.807) is 30.3 Å². The van der Waals surface area contributed by atoms with Crippen LogP contribution < -0.4 is 10.6 Å². The molecule has 1 saturated heterocycles. The van der Waals surface area contributed by atoms with Crippen molar-refractivity contribution in [3.8, 4) is 0 Å². The molecule has 1 aromatic rings. The van der Waals surface area contributed by atoms with E-state index in [-0.39, 0.29) is 6.61 Å². The molecule has 0 spiro atoms. The van der Waals surface area contributed by atoms with Crippen LogP contribution in [0.25, 0.3) is 0 Å². The van der Waals surface area contributed by atoms with Gasteiger partial charge in [-0.15, -0.1) is 0 Å². The number of carboxylic acids is 1. The minimum absolute atomic E-state index is 0.0555. The molecule has 7 atom stereocenters. The van der Waals surface area contributed by atoms with Crippen LogP contribution in [0.1, 0.15) is 5.56 Å². The quantitative estimate of drug-likeness (QED) is 0.162. The molecule has 14 heteroatoms. The van der Waals surface area contributed by atoms with E-state index >= 15 is 0 Å². The molecule has 1 aliphatic heterocycles. The number of benzene rings is 1. The molecule has 2 rings (SSSR count). The van der Waals surface area contributed by atoms with Gasteiger partial charge in [0, 0.05) is 7.11 Å². The number of amides is 2. The number of carboxylic acid groups (broad SMARTS) is 1. The number of hydrogen-bond donors (Lipinski definition) is 8. The molecule has 1 fully saturated rings. The highest BCUT2D eigenvalue weighted by atomic mass is 16.7. The van der Waals surface area contributed by atoms with Crippen LogP contribution in [0.3, 0.4) is 0 Å². The summed E-state index contributed by atoms with van der Waals surface area (Å²) in [7, 11) is 0.966. The molecule has 14 nitrogen and oxygen atoms in total. The van der Waals surface area contributed by atoms with Crippen molar-refractivity contribution in [3.63, 3.8) is 0 Å². The first-order valence-electron chi connectivity index (χ1n) is 10.1. The Labute approximate surface area is 193 Å². The van der Waals surface area contributed by atoms with Crippen molar-refractivity contribution < 1.29 is 59.2 Å². The Bertz CT molecular complexity index is 840. The summed E-state index contributed by atoms with van der Waals surface area (Å²) in [6, 6.07) is 7.10. The van der Waals surface area contributed by atoms with E-state index in [4.69, 9.17) is 19.3 Å². The smallest absolute Gasteiger partial charge is 0.407 e. The molecule has 2 unspecified atom stereocenters. The molecule has 2 amide bonds. The summed E-state index contributed by atoms with van der Waals surface area (Å²) in [5, 5.41) is 63.9. The standard InChI is InChI=1S/C20H28N2O12/c1-32-17-15(27)13(16(14(26)11(24)8-23)34-20(17,31)18(28)29)22-12(25)7-21-19(30)33-9-10-5-3-2-4-6-10/h2-6,11,13-17,23-24,26-27,31H,7-9H2,1H3,(H,21,30)(H,22,25)(H,28,29)/t11-,13-,14-,15-,16-,17?,20?/m1/s1. The number of carbonyl (C=O) groups is 3. The van der Waals surface area contributed by atoms with Gasteiger partial charge in [-0.1, -0.05) is 30.3 Å². The number of alkyl carbamates (subject to hydrolysis) is 1. The minimum atomic E-state index is -3.16. The highest BCUT2D eigenvalue weighted by Crippen LogP contribution is 2.32. The van der Waals surface area contributed by atoms with Gasteiger partial charge in [-0.05, 0) is 5.56 Å². The Hall–Kier alpha value is -2.85. The lowest BCUT2D eigenvalue weighted by molar-refractivity contribution is -0.336. The Kier molecular flexibility index (Phi) is 9.69. The number of ether oxygens (including phenoxy) is 3. The first-order valence-corrected chi connectivity index (χ1v) is 10.1. The zero-order valence-electron chi connectivity index (χ0n) is 18.1. The molecule has 0 aliphatic carbocycles. The topological polar surface area (TPSA) is 224 Å². The normalized spacial score (nSPS) is 28.4. The van der Waals surface area contributed by atoms with E-state index in [0.29, 0.717) is 5.56 Å². The van der Waals surface area contributed by atoms with Gasteiger partial charge in [0.25, 0.3) is 5.79 Å². The van der Waals surface area contributed by atoms with E-state index in [9.17, 15) is 39.9 Å². The predicted octanol–water partition coefficient (Wildman–Crippen LogP) is -3.34.